The molecule has 0 aromatic rings. The second-order valence-electron chi connectivity index (χ2n) is 6.33. The summed E-state index contributed by atoms with van der Waals surface area (Å²) in [5, 5.41) is 0. The number of rotatable bonds is 4. The van der Waals surface area contributed by atoms with E-state index in [1.807, 2.05) is 0 Å². The maximum Gasteiger partial charge on any atom is 0.00902 e. The zero-order valence-electron chi connectivity index (χ0n) is 10.8. The minimum absolute atomic E-state index is 0.238. The molecule has 88 valence electrons. The Morgan fingerprint density at radius 1 is 1.40 bits per heavy atom. The summed E-state index contributed by atoms with van der Waals surface area (Å²) in [5.41, 5.74) is 6.47. The fraction of sp³-hybridized carbons (Fsp3) is 0.857. The lowest BCUT2D eigenvalue weighted by atomic mass is 9.65. The molecule has 0 saturated heterocycles. The Morgan fingerprint density at radius 2 is 2.00 bits per heavy atom. The van der Waals surface area contributed by atoms with Crippen molar-refractivity contribution in [1.29, 1.82) is 0 Å². The normalized spacial score (nSPS) is 30.5. The highest BCUT2D eigenvalue weighted by Gasteiger charge is 2.34. The van der Waals surface area contributed by atoms with E-state index >= 15 is 0 Å². The molecule has 4 atom stereocenters. The third-order valence-corrected chi connectivity index (χ3v) is 4.16. The highest BCUT2D eigenvalue weighted by atomic mass is 14.7. The number of allylic oxidation sites excluding steroid dienone is 1. The van der Waals surface area contributed by atoms with Crippen molar-refractivity contribution in [3.05, 3.63) is 12.7 Å². The van der Waals surface area contributed by atoms with Crippen LogP contribution in [0.25, 0.3) is 0 Å². The zero-order valence-corrected chi connectivity index (χ0v) is 10.8. The lowest BCUT2D eigenvalue weighted by molar-refractivity contribution is 0.125. The molecule has 1 rings (SSSR count). The van der Waals surface area contributed by atoms with Gasteiger partial charge in [0.1, 0.15) is 0 Å². The van der Waals surface area contributed by atoms with Crippen LogP contribution in [0, 0.1) is 23.2 Å². The first-order valence-corrected chi connectivity index (χ1v) is 6.24. The van der Waals surface area contributed by atoms with Gasteiger partial charge in [0, 0.05) is 6.04 Å². The maximum atomic E-state index is 6.23. The summed E-state index contributed by atoms with van der Waals surface area (Å²) in [4.78, 5) is 0. The van der Waals surface area contributed by atoms with E-state index < -0.39 is 0 Å². The van der Waals surface area contributed by atoms with Crippen LogP contribution in [0.2, 0.25) is 0 Å². The second kappa shape index (κ2) is 4.69. The van der Waals surface area contributed by atoms with E-state index in [9.17, 15) is 0 Å². The monoisotopic (exact) mass is 209 g/mol. The van der Waals surface area contributed by atoms with Gasteiger partial charge >= 0.3 is 0 Å². The van der Waals surface area contributed by atoms with Crippen LogP contribution < -0.4 is 5.73 Å². The van der Waals surface area contributed by atoms with Crippen LogP contribution in [0.3, 0.4) is 0 Å². The van der Waals surface area contributed by atoms with Gasteiger partial charge < -0.3 is 5.73 Å². The molecule has 15 heavy (non-hydrogen) atoms. The van der Waals surface area contributed by atoms with Crippen LogP contribution in [-0.4, -0.2) is 6.04 Å². The highest BCUT2D eigenvalue weighted by Crippen LogP contribution is 2.42. The van der Waals surface area contributed by atoms with E-state index in [1.165, 1.54) is 12.8 Å². The van der Waals surface area contributed by atoms with E-state index in [4.69, 9.17) is 5.73 Å². The molecule has 0 heterocycles. The van der Waals surface area contributed by atoms with Gasteiger partial charge in [0.15, 0.2) is 0 Å². The number of hydrogen-bond donors (Lipinski definition) is 1. The van der Waals surface area contributed by atoms with E-state index in [0.717, 1.165) is 24.2 Å². The zero-order chi connectivity index (χ0) is 11.6. The summed E-state index contributed by atoms with van der Waals surface area (Å²) in [7, 11) is 0. The molecule has 0 amide bonds. The van der Waals surface area contributed by atoms with Crippen molar-refractivity contribution in [2.24, 2.45) is 28.9 Å². The van der Waals surface area contributed by atoms with Gasteiger partial charge in [0.25, 0.3) is 0 Å². The largest absolute Gasteiger partial charge is 0.327 e. The minimum Gasteiger partial charge on any atom is -0.327 e. The van der Waals surface area contributed by atoms with Crippen molar-refractivity contribution in [1.82, 2.24) is 0 Å². The molecule has 0 aromatic carbocycles. The number of nitrogens with two attached hydrogens (primary N) is 1. The molecule has 1 aliphatic carbocycles. The Balaban J connectivity index is 2.42. The summed E-state index contributed by atoms with van der Waals surface area (Å²) in [5.74, 6) is 2.35. The summed E-state index contributed by atoms with van der Waals surface area (Å²) in [6.07, 6.45) is 5.99. The van der Waals surface area contributed by atoms with Crippen LogP contribution in [0.15, 0.2) is 12.7 Å². The van der Waals surface area contributed by atoms with Gasteiger partial charge in [0.2, 0.25) is 0 Å². The molecule has 4 unspecified atom stereocenters. The fourth-order valence-corrected chi connectivity index (χ4v) is 2.48. The first-order valence-electron chi connectivity index (χ1n) is 6.24. The van der Waals surface area contributed by atoms with Crippen LogP contribution in [-0.2, 0) is 0 Å². The van der Waals surface area contributed by atoms with Crippen LogP contribution in [0.1, 0.15) is 47.0 Å². The van der Waals surface area contributed by atoms with Crippen molar-refractivity contribution in [3.8, 4) is 0 Å². The van der Waals surface area contributed by atoms with E-state index in [0.29, 0.717) is 6.04 Å². The van der Waals surface area contributed by atoms with Crippen LogP contribution in [0.5, 0.6) is 0 Å². The highest BCUT2D eigenvalue weighted by molar-refractivity contribution is 4.95. The summed E-state index contributed by atoms with van der Waals surface area (Å²) < 4.78 is 0. The predicted octanol–water partition coefficient (Wildman–Crippen LogP) is 3.60. The fourth-order valence-electron chi connectivity index (χ4n) is 2.48. The van der Waals surface area contributed by atoms with Crippen molar-refractivity contribution >= 4 is 0 Å². The van der Waals surface area contributed by atoms with E-state index in [-0.39, 0.29) is 5.41 Å². The van der Waals surface area contributed by atoms with Crippen LogP contribution in [0.4, 0.5) is 0 Å². The van der Waals surface area contributed by atoms with Crippen molar-refractivity contribution in [2.45, 2.75) is 53.0 Å². The van der Waals surface area contributed by atoms with E-state index in [1.54, 1.807) is 0 Å². The smallest absolute Gasteiger partial charge is 0.00902 e. The molecule has 1 aliphatic rings. The lowest BCUT2D eigenvalue weighted by Crippen LogP contribution is -2.40. The first kappa shape index (κ1) is 12.8. The molecular formula is C14H27N. The molecule has 2 N–H and O–H groups in total. The van der Waals surface area contributed by atoms with Crippen molar-refractivity contribution in [3.63, 3.8) is 0 Å². The Labute approximate surface area is 95.1 Å². The molecule has 1 nitrogen and oxygen atoms in total. The summed E-state index contributed by atoms with van der Waals surface area (Å²) in [6, 6.07) is 0.318. The molecular weight excluding hydrogens is 182 g/mol. The Hall–Kier alpha value is -0.300. The molecule has 0 radical (unpaired) electrons. The van der Waals surface area contributed by atoms with Gasteiger partial charge in [-0.05, 0) is 42.4 Å². The quantitative estimate of drug-likeness (QED) is 0.703. The first-order chi connectivity index (χ1) is 6.86. The average molecular weight is 209 g/mol. The predicted molar refractivity (Wildman–Crippen MR) is 67.6 cm³/mol. The summed E-state index contributed by atoms with van der Waals surface area (Å²) in [6.45, 7) is 13.0. The molecule has 0 aromatic heterocycles. The topological polar surface area (TPSA) is 26.0 Å². The lowest BCUT2D eigenvalue weighted by Gasteiger charge is -2.41. The van der Waals surface area contributed by atoms with Gasteiger partial charge in [-0.15, -0.1) is 6.58 Å². The van der Waals surface area contributed by atoms with Gasteiger partial charge in [-0.1, -0.05) is 33.8 Å². The van der Waals surface area contributed by atoms with Gasteiger partial charge in [-0.2, -0.15) is 0 Å². The molecule has 0 aliphatic heterocycles. The Morgan fingerprint density at radius 3 is 2.33 bits per heavy atom. The van der Waals surface area contributed by atoms with Gasteiger partial charge in [-0.3, -0.25) is 0 Å². The SMILES string of the molecule is C=CC1CCC1C(C)CC(N)C(C)(C)C. The van der Waals surface area contributed by atoms with Crippen molar-refractivity contribution in [2.75, 3.05) is 0 Å². The second-order valence-corrected chi connectivity index (χ2v) is 6.33. The van der Waals surface area contributed by atoms with Gasteiger partial charge in [0.05, 0.1) is 0 Å². The standard InChI is InChI=1S/C14H27N/c1-6-11-7-8-12(11)10(2)9-13(15)14(3,4)5/h6,10-13H,1,7-9,15H2,2-5H3. The number of hydrogen-bond acceptors (Lipinski definition) is 1. The molecule has 0 spiro atoms. The third kappa shape index (κ3) is 3.07. The molecule has 0 bridgehead atoms. The average Bonchev–Trinajstić information content (AvgIpc) is 2.00. The molecule has 1 fully saturated rings. The molecule has 1 heteroatoms. The van der Waals surface area contributed by atoms with Crippen molar-refractivity contribution < 1.29 is 0 Å². The van der Waals surface area contributed by atoms with E-state index in [2.05, 4.69) is 40.3 Å². The van der Waals surface area contributed by atoms with Crippen LogP contribution >= 0.6 is 0 Å². The summed E-state index contributed by atoms with van der Waals surface area (Å²) >= 11 is 0. The van der Waals surface area contributed by atoms with Gasteiger partial charge in [-0.25, -0.2) is 0 Å². The minimum atomic E-state index is 0.238. The molecule has 1 saturated carbocycles. The Bertz CT molecular complexity index is 214. The Kier molecular flexibility index (Phi) is 3.99. The maximum absolute atomic E-state index is 6.23. The third-order valence-electron chi connectivity index (χ3n) is 4.16.